The first-order chi connectivity index (χ1) is 9.00. The van der Waals surface area contributed by atoms with Gasteiger partial charge in [-0.1, -0.05) is 12.1 Å². The summed E-state index contributed by atoms with van der Waals surface area (Å²) in [4.78, 5) is -0.450. The summed E-state index contributed by atoms with van der Waals surface area (Å²) >= 11 is 0. The minimum atomic E-state index is -3.99. The minimum Gasteiger partial charge on any atom is -0.472 e. The van der Waals surface area contributed by atoms with Crippen molar-refractivity contribution in [3.05, 3.63) is 54.2 Å². The molecule has 2 aromatic rings. The average molecular weight is 285 g/mol. The number of sulfonamides is 1. The first-order valence-corrected chi connectivity index (χ1v) is 6.93. The van der Waals surface area contributed by atoms with Gasteiger partial charge in [0.25, 0.3) is 0 Å². The Morgan fingerprint density at radius 2 is 2.05 bits per heavy atom. The van der Waals surface area contributed by atoms with Gasteiger partial charge in [-0.25, -0.2) is 17.5 Å². The van der Waals surface area contributed by atoms with Crippen LogP contribution in [0.2, 0.25) is 0 Å². The van der Waals surface area contributed by atoms with Crippen molar-refractivity contribution in [2.24, 2.45) is 0 Å². The largest absolute Gasteiger partial charge is 0.472 e. The second-order valence-electron chi connectivity index (χ2n) is 3.85. The topological polar surface area (TPSA) is 79.5 Å². The minimum absolute atomic E-state index is 0.268. The van der Waals surface area contributed by atoms with E-state index in [-0.39, 0.29) is 6.54 Å². The standard InChI is InChI=1S/C12H12FNO4S/c13-10-3-1-2-4-12(10)19(16,17)14-7-11(15)9-5-6-18-8-9/h1-6,8,11,14-15H,7H2/t11-/m0/s1. The molecule has 1 heterocycles. The van der Waals surface area contributed by atoms with Crippen LogP contribution in [0.15, 0.2) is 52.2 Å². The lowest BCUT2D eigenvalue weighted by molar-refractivity contribution is 0.181. The predicted octanol–water partition coefficient (Wildman–Crippen LogP) is 1.43. The fourth-order valence-electron chi connectivity index (χ4n) is 1.51. The third-order valence-electron chi connectivity index (χ3n) is 2.52. The van der Waals surface area contributed by atoms with Crippen molar-refractivity contribution in [1.29, 1.82) is 0 Å². The van der Waals surface area contributed by atoms with Gasteiger partial charge in [-0.2, -0.15) is 0 Å². The number of rotatable bonds is 5. The molecule has 102 valence electrons. The van der Waals surface area contributed by atoms with E-state index in [1.807, 2.05) is 0 Å². The predicted molar refractivity (Wildman–Crippen MR) is 65.3 cm³/mol. The number of aliphatic hydroxyl groups is 1. The molecule has 0 amide bonds. The Labute approximate surface area is 109 Å². The molecule has 1 aromatic heterocycles. The van der Waals surface area contributed by atoms with Crippen LogP contribution in [-0.4, -0.2) is 20.1 Å². The molecule has 1 atom stereocenters. The molecule has 7 heteroatoms. The van der Waals surface area contributed by atoms with Gasteiger partial charge in [0.05, 0.1) is 18.6 Å². The summed E-state index contributed by atoms with van der Waals surface area (Å²) in [7, 11) is -3.99. The number of nitrogens with one attached hydrogen (secondary N) is 1. The Kier molecular flexibility index (Phi) is 3.98. The van der Waals surface area contributed by atoms with E-state index in [1.165, 1.54) is 30.7 Å². The molecular weight excluding hydrogens is 273 g/mol. The van der Waals surface area contributed by atoms with E-state index in [4.69, 9.17) is 4.42 Å². The molecule has 2 rings (SSSR count). The van der Waals surface area contributed by atoms with E-state index >= 15 is 0 Å². The van der Waals surface area contributed by atoms with Gasteiger partial charge in [0, 0.05) is 12.1 Å². The molecule has 0 saturated carbocycles. The summed E-state index contributed by atoms with van der Waals surface area (Å²) in [6, 6.07) is 6.55. The summed E-state index contributed by atoms with van der Waals surface area (Å²) in [5.41, 5.74) is 0.441. The quantitative estimate of drug-likeness (QED) is 0.871. The summed E-state index contributed by atoms with van der Waals surface area (Å²) < 4.78 is 44.0. The van der Waals surface area contributed by atoms with Crippen molar-refractivity contribution >= 4 is 10.0 Å². The van der Waals surface area contributed by atoms with Crippen molar-refractivity contribution in [3.63, 3.8) is 0 Å². The molecule has 0 saturated heterocycles. The van der Waals surface area contributed by atoms with Crippen LogP contribution in [0.25, 0.3) is 0 Å². The van der Waals surface area contributed by atoms with E-state index < -0.39 is 26.8 Å². The number of hydrogen-bond acceptors (Lipinski definition) is 4. The molecule has 0 spiro atoms. The van der Waals surface area contributed by atoms with Gasteiger partial charge in [0.2, 0.25) is 10.0 Å². The first-order valence-electron chi connectivity index (χ1n) is 5.45. The van der Waals surface area contributed by atoms with Gasteiger partial charge < -0.3 is 9.52 Å². The molecule has 2 N–H and O–H groups in total. The lowest BCUT2D eigenvalue weighted by atomic mass is 10.2. The summed E-state index contributed by atoms with van der Waals surface area (Å²) in [6.45, 7) is -0.268. The molecule has 0 bridgehead atoms. The van der Waals surface area contributed by atoms with Crippen molar-refractivity contribution in [2.75, 3.05) is 6.54 Å². The zero-order valence-electron chi connectivity index (χ0n) is 9.78. The highest BCUT2D eigenvalue weighted by molar-refractivity contribution is 7.89. The van der Waals surface area contributed by atoms with Crippen LogP contribution in [0.1, 0.15) is 11.7 Å². The Morgan fingerprint density at radius 3 is 2.68 bits per heavy atom. The van der Waals surface area contributed by atoms with Crippen molar-refractivity contribution in [3.8, 4) is 0 Å². The van der Waals surface area contributed by atoms with E-state index in [0.717, 1.165) is 12.1 Å². The SMILES string of the molecule is O=S(=O)(NC[C@H](O)c1ccoc1)c1ccccc1F. The molecule has 0 unspecified atom stereocenters. The number of furan rings is 1. The van der Waals surface area contributed by atoms with Crippen LogP contribution in [0.4, 0.5) is 4.39 Å². The highest BCUT2D eigenvalue weighted by Crippen LogP contribution is 2.16. The summed E-state index contributed by atoms with van der Waals surface area (Å²) in [5.74, 6) is -0.840. The van der Waals surface area contributed by atoms with Gasteiger partial charge in [-0.3, -0.25) is 0 Å². The Hall–Kier alpha value is -1.70. The number of benzene rings is 1. The maximum atomic E-state index is 13.4. The van der Waals surface area contributed by atoms with Crippen molar-refractivity contribution in [2.45, 2.75) is 11.0 Å². The van der Waals surface area contributed by atoms with E-state index in [2.05, 4.69) is 4.72 Å². The van der Waals surface area contributed by atoms with Crippen molar-refractivity contribution < 1.29 is 22.3 Å². The van der Waals surface area contributed by atoms with E-state index in [0.29, 0.717) is 5.56 Å². The molecule has 0 aliphatic carbocycles. The number of halogens is 1. The number of hydrogen-bond donors (Lipinski definition) is 2. The third-order valence-corrected chi connectivity index (χ3v) is 3.98. The van der Waals surface area contributed by atoms with Gasteiger partial charge in [0.15, 0.2) is 0 Å². The average Bonchev–Trinajstić information content (AvgIpc) is 2.90. The highest BCUT2D eigenvalue weighted by Gasteiger charge is 2.20. The van der Waals surface area contributed by atoms with E-state index in [9.17, 15) is 17.9 Å². The zero-order valence-corrected chi connectivity index (χ0v) is 10.6. The molecule has 0 aliphatic heterocycles. The van der Waals surface area contributed by atoms with Gasteiger partial charge in [-0.05, 0) is 18.2 Å². The second-order valence-corrected chi connectivity index (χ2v) is 5.59. The van der Waals surface area contributed by atoms with Crippen LogP contribution in [-0.2, 0) is 10.0 Å². The smallest absolute Gasteiger partial charge is 0.243 e. The second kappa shape index (κ2) is 5.52. The molecular formula is C12H12FNO4S. The highest BCUT2D eigenvalue weighted by atomic mass is 32.2. The Morgan fingerprint density at radius 1 is 1.32 bits per heavy atom. The lowest BCUT2D eigenvalue weighted by Crippen LogP contribution is -2.29. The van der Waals surface area contributed by atoms with Gasteiger partial charge >= 0.3 is 0 Å². The number of aliphatic hydroxyl groups excluding tert-OH is 1. The van der Waals surface area contributed by atoms with Gasteiger partial charge in [-0.15, -0.1) is 0 Å². The maximum Gasteiger partial charge on any atom is 0.243 e. The summed E-state index contributed by atoms with van der Waals surface area (Å²) in [5, 5.41) is 9.71. The van der Waals surface area contributed by atoms with E-state index in [1.54, 1.807) is 0 Å². The molecule has 0 fully saturated rings. The summed E-state index contributed by atoms with van der Waals surface area (Å²) in [6.07, 6.45) is 1.62. The van der Waals surface area contributed by atoms with Crippen LogP contribution in [0.3, 0.4) is 0 Å². The molecule has 0 radical (unpaired) electrons. The van der Waals surface area contributed by atoms with Crippen LogP contribution < -0.4 is 4.72 Å². The Bertz CT molecular complexity index is 640. The zero-order chi connectivity index (χ0) is 13.9. The van der Waals surface area contributed by atoms with Crippen LogP contribution in [0.5, 0.6) is 0 Å². The molecule has 19 heavy (non-hydrogen) atoms. The van der Waals surface area contributed by atoms with Crippen LogP contribution >= 0.6 is 0 Å². The van der Waals surface area contributed by atoms with Gasteiger partial charge in [0.1, 0.15) is 10.7 Å². The Balaban J connectivity index is 2.09. The monoisotopic (exact) mass is 285 g/mol. The van der Waals surface area contributed by atoms with Crippen LogP contribution in [0, 0.1) is 5.82 Å². The molecule has 0 aliphatic rings. The first kappa shape index (κ1) is 13.7. The maximum absolute atomic E-state index is 13.4. The molecule has 1 aromatic carbocycles. The molecule has 5 nitrogen and oxygen atoms in total. The fourth-order valence-corrected chi connectivity index (χ4v) is 2.63. The third kappa shape index (κ3) is 3.19. The normalized spacial score (nSPS) is 13.4. The van der Waals surface area contributed by atoms with Crippen molar-refractivity contribution in [1.82, 2.24) is 4.72 Å². The lowest BCUT2D eigenvalue weighted by Gasteiger charge is -2.11. The fraction of sp³-hybridized carbons (Fsp3) is 0.167.